The quantitative estimate of drug-likeness (QED) is 0.600. The van der Waals surface area contributed by atoms with Gasteiger partial charge < -0.3 is 10.2 Å². The van der Waals surface area contributed by atoms with Crippen molar-refractivity contribution in [1.29, 1.82) is 0 Å². The predicted octanol–water partition coefficient (Wildman–Crippen LogP) is -0.176. The van der Waals surface area contributed by atoms with E-state index < -0.39 is 0 Å². The van der Waals surface area contributed by atoms with Crippen LogP contribution in [0, 0.1) is 0 Å². The summed E-state index contributed by atoms with van der Waals surface area (Å²) in [5, 5.41) is 18.0. The average molecular weight is 159 g/mol. The van der Waals surface area contributed by atoms with Crippen LogP contribution in [0.5, 0.6) is 0 Å². The Hall–Kier alpha value is -0.120. The molecule has 66 valence electrons. The number of hydrogen-bond donors (Lipinski definition) is 2. The smallest absolute Gasteiger partial charge is 0.0667 e. The number of β-amino-alcohol motifs (C(OH)–C–C–N with tert-alkyl or cyclic N) is 1. The van der Waals surface area contributed by atoms with Crippen molar-refractivity contribution in [2.24, 2.45) is 0 Å². The highest BCUT2D eigenvalue weighted by molar-refractivity contribution is 4.82. The van der Waals surface area contributed by atoms with E-state index in [1.807, 2.05) is 6.92 Å². The number of nitrogens with zero attached hydrogens (tertiary/aromatic N) is 1. The lowest BCUT2D eigenvalue weighted by Crippen LogP contribution is -2.38. The number of aliphatic hydroxyl groups is 2. The summed E-state index contributed by atoms with van der Waals surface area (Å²) in [6, 6.07) is 0.280. The minimum Gasteiger partial charge on any atom is -0.395 e. The van der Waals surface area contributed by atoms with E-state index in [1.165, 1.54) is 0 Å². The summed E-state index contributed by atoms with van der Waals surface area (Å²) in [4.78, 5) is 2.16. The molecule has 1 aliphatic rings. The summed E-state index contributed by atoms with van der Waals surface area (Å²) < 4.78 is 0. The van der Waals surface area contributed by atoms with Gasteiger partial charge >= 0.3 is 0 Å². The molecule has 1 saturated heterocycles. The number of hydrogen-bond acceptors (Lipinski definition) is 3. The summed E-state index contributed by atoms with van der Waals surface area (Å²) in [5.41, 5.74) is 0. The van der Waals surface area contributed by atoms with Gasteiger partial charge in [-0.05, 0) is 26.3 Å². The molecule has 1 aliphatic heterocycles. The van der Waals surface area contributed by atoms with Gasteiger partial charge in [0, 0.05) is 12.6 Å². The molecule has 11 heavy (non-hydrogen) atoms. The Morgan fingerprint density at radius 1 is 1.64 bits per heavy atom. The van der Waals surface area contributed by atoms with Gasteiger partial charge in [-0.1, -0.05) is 0 Å². The first-order valence-corrected chi connectivity index (χ1v) is 4.28. The van der Waals surface area contributed by atoms with Crippen LogP contribution in [0.3, 0.4) is 0 Å². The topological polar surface area (TPSA) is 43.7 Å². The fourth-order valence-electron chi connectivity index (χ4n) is 1.80. The molecule has 0 unspecified atom stereocenters. The van der Waals surface area contributed by atoms with Crippen molar-refractivity contribution in [3.05, 3.63) is 0 Å². The fourth-order valence-corrected chi connectivity index (χ4v) is 1.80. The second kappa shape index (κ2) is 4.04. The van der Waals surface area contributed by atoms with Crippen molar-refractivity contribution in [2.75, 3.05) is 19.7 Å². The van der Waals surface area contributed by atoms with Gasteiger partial charge in [-0.15, -0.1) is 0 Å². The van der Waals surface area contributed by atoms with Crippen LogP contribution in [0.2, 0.25) is 0 Å². The molecule has 0 aromatic heterocycles. The molecular formula is C8H17NO2. The van der Waals surface area contributed by atoms with Crippen molar-refractivity contribution in [1.82, 2.24) is 4.90 Å². The molecule has 0 aliphatic carbocycles. The number of likely N-dealkylation sites (tertiary alicyclic amines) is 1. The van der Waals surface area contributed by atoms with E-state index in [1.54, 1.807) is 0 Å². The van der Waals surface area contributed by atoms with Crippen LogP contribution in [0.25, 0.3) is 0 Å². The lowest BCUT2D eigenvalue weighted by molar-refractivity contribution is 0.0759. The molecule has 1 heterocycles. The monoisotopic (exact) mass is 159 g/mol. The minimum atomic E-state index is -0.260. The maximum absolute atomic E-state index is 9.33. The van der Waals surface area contributed by atoms with E-state index in [0.717, 1.165) is 19.4 Å². The van der Waals surface area contributed by atoms with E-state index in [9.17, 15) is 5.11 Å². The standard InChI is InChI=1S/C8H17NO2/c1-7(11)8-3-2-4-9(8)5-6-10/h7-8,10-11H,2-6H2,1H3/t7-,8-/m1/s1. The van der Waals surface area contributed by atoms with Crippen LogP contribution < -0.4 is 0 Å². The third-order valence-electron chi connectivity index (χ3n) is 2.36. The lowest BCUT2D eigenvalue weighted by atomic mass is 10.1. The molecule has 1 fully saturated rings. The first-order chi connectivity index (χ1) is 5.25. The first-order valence-electron chi connectivity index (χ1n) is 4.28. The molecule has 0 spiro atoms. The molecule has 0 bridgehead atoms. The predicted molar refractivity (Wildman–Crippen MR) is 43.4 cm³/mol. The zero-order valence-corrected chi connectivity index (χ0v) is 7.03. The summed E-state index contributed by atoms with van der Waals surface area (Å²) in [6.07, 6.45) is 1.96. The fraction of sp³-hybridized carbons (Fsp3) is 1.00. The first kappa shape index (κ1) is 8.97. The van der Waals surface area contributed by atoms with Crippen molar-refractivity contribution >= 4 is 0 Å². The molecule has 0 aromatic carbocycles. The zero-order chi connectivity index (χ0) is 8.27. The third kappa shape index (κ3) is 2.15. The van der Waals surface area contributed by atoms with Crippen molar-refractivity contribution in [3.8, 4) is 0 Å². The highest BCUT2D eigenvalue weighted by Gasteiger charge is 2.27. The Kier molecular flexibility index (Phi) is 3.30. The van der Waals surface area contributed by atoms with Gasteiger partial charge in [0.15, 0.2) is 0 Å². The summed E-state index contributed by atoms with van der Waals surface area (Å²) in [7, 11) is 0. The van der Waals surface area contributed by atoms with E-state index >= 15 is 0 Å². The number of rotatable bonds is 3. The van der Waals surface area contributed by atoms with Crippen molar-refractivity contribution in [2.45, 2.75) is 31.9 Å². The van der Waals surface area contributed by atoms with Crippen LogP contribution in [0.15, 0.2) is 0 Å². The number of aliphatic hydroxyl groups excluding tert-OH is 2. The Balaban J connectivity index is 2.37. The molecule has 0 saturated carbocycles. The van der Waals surface area contributed by atoms with Crippen LogP contribution in [0.1, 0.15) is 19.8 Å². The maximum atomic E-state index is 9.33. The van der Waals surface area contributed by atoms with E-state index in [4.69, 9.17) is 5.11 Å². The van der Waals surface area contributed by atoms with Crippen LogP contribution in [-0.4, -0.2) is 47.0 Å². The largest absolute Gasteiger partial charge is 0.395 e. The second-order valence-electron chi connectivity index (χ2n) is 3.21. The van der Waals surface area contributed by atoms with Gasteiger partial charge in [0.2, 0.25) is 0 Å². The SMILES string of the molecule is C[C@@H](O)[C@H]1CCCN1CCO. The molecule has 0 amide bonds. The average Bonchev–Trinajstić information content (AvgIpc) is 2.36. The maximum Gasteiger partial charge on any atom is 0.0667 e. The van der Waals surface area contributed by atoms with E-state index in [-0.39, 0.29) is 18.8 Å². The Morgan fingerprint density at radius 3 is 2.91 bits per heavy atom. The van der Waals surface area contributed by atoms with Gasteiger partial charge in [-0.2, -0.15) is 0 Å². The molecule has 2 N–H and O–H groups in total. The molecular weight excluding hydrogens is 142 g/mol. The molecule has 2 atom stereocenters. The van der Waals surface area contributed by atoms with Gasteiger partial charge in [0.1, 0.15) is 0 Å². The Bertz CT molecular complexity index is 117. The molecule has 0 radical (unpaired) electrons. The Labute approximate surface area is 67.6 Å². The molecule has 3 nitrogen and oxygen atoms in total. The minimum absolute atomic E-state index is 0.198. The molecule has 3 heteroatoms. The van der Waals surface area contributed by atoms with Gasteiger partial charge in [0.05, 0.1) is 12.7 Å². The van der Waals surface area contributed by atoms with E-state index in [2.05, 4.69) is 4.90 Å². The molecule has 1 rings (SSSR count). The zero-order valence-electron chi connectivity index (χ0n) is 7.03. The van der Waals surface area contributed by atoms with Crippen LogP contribution in [0.4, 0.5) is 0 Å². The summed E-state index contributed by atoms with van der Waals surface area (Å²) in [5.74, 6) is 0. The van der Waals surface area contributed by atoms with Crippen molar-refractivity contribution < 1.29 is 10.2 Å². The highest BCUT2D eigenvalue weighted by atomic mass is 16.3. The summed E-state index contributed by atoms with van der Waals surface area (Å²) in [6.45, 7) is 3.75. The van der Waals surface area contributed by atoms with Gasteiger partial charge in [-0.3, -0.25) is 4.90 Å². The van der Waals surface area contributed by atoms with Crippen LogP contribution >= 0.6 is 0 Å². The normalized spacial score (nSPS) is 29.2. The summed E-state index contributed by atoms with van der Waals surface area (Å²) >= 11 is 0. The third-order valence-corrected chi connectivity index (χ3v) is 2.36. The van der Waals surface area contributed by atoms with E-state index in [0.29, 0.717) is 6.54 Å². The van der Waals surface area contributed by atoms with Gasteiger partial charge in [0.25, 0.3) is 0 Å². The Morgan fingerprint density at radius 2 is 2.36 bits per heavy atom. The highest BCUT2D eigenvalue weighted by Crippen LogP contribution is 2.19. The second-order valence-corrected chi connectivity index (χ2v) is 3.21. The lowest BCUT2D eigenvalue weighted by Gasteiger charge is -2.25. The molecule has 0 aromatic rings. The van der Waals surface area contributed by atoms with Gasteiger partial charge in [-0.25, -0.2) is 0 Å². The van der Waals surface area contributed by atoms with Crippen molar-refractivity contribution in [3.63, 3.8) is 0 Å². The van der Waals surface area contributed by atoms with Crippen LogP contribution in [-0.2, 0) is 0 Å².